The lowest BCUT2D eigenvalue weighted by molar-refractivity contribution is 0.0901. The van der Waals surface area contributed by atoms with Crippen LogP contribution in [0.3, 0.4) is 0 Å². The zero-order valence-corrected chi connectivity index (χ0v) is 15.0. The van der Waals surface area contributed by atoms with Crippen molar-refractivity contribution in [2.45, 2.75) is 51.0 Å². The highest BCUT2D eigenvalue weighted by molar-refractivity contribution is 5.93. The van der Waals surface area contributed by atoms with E-state index >= 15 is 0 Å². The van der Waals surface area contributed by atoms with E-state index in [0.717, 1.165) is 18.4 Å². The van der Waals surface area contributed by atoms with Gasteiger partial charge in [0.15, 0.2) is 5.82 Å². The molecule has 2 aliphatic carbocycles. The number of rotatable bonds is 7. The number of ether oxygens (including phenoxy) is 1. The second-order valence-corrected chi connectivity index (χ2v) is 7.65. The summed E-state index contributed by atoms with van der Waals surface area (Å²) in [7, 11) is 0. The van der Waals surface area contributed by atoms with Crippen molar-refractivity contribution in [2.24, 2.45) is 5.92 Å². The van der Waals surface area contributed by atoms with E-state index in [1.807, 2.05) is 6.07 Å². The van der Waals surface area contributed by atoms with Gasteiger partial charge in [-0.3, -0.25) is 4.79 Å². The molecule has 2 aromatic heterocycles. The minimum absolute atomic E-state index is 0.0370. The summed E-state index contributed by atoms with van der Waals surface area (Å²) in [5.41, 5.74) is 6.04. The maximum Gasteiger partial charge on any atom is 0.318 e. The lowest BCUT2D eigenvalue weighted by Gasteiger charge is -2.22. The third-order valence-electron chi connectivity index (χ3n) is 4.72. The predicted molar refractivity (Wildman–Crippen MR) is 93.6 cm³/mol. The maximum absolute atomic E-state index is 12.7. The fourth-order valence-corrected chi connectivity index (χ4v) is 2.77. The number of pyridine rings is 1. The third-order valence-corrected chi connectivity index (χ3v) is 4.72. The van der Waals surface area contributed by atoms with Crippen LogP contribution in [0.5, 0.6) is 5.88 Å². The summed E-state index contributed by atoms with van der Waals surface area (Å²) in [5.74, 6) is 1.71. The first kappa shape index (κ1) is 16.8. The first-order chi connectivity index (χ1) is 12.4. The summed E-state index contributed by atoms with van der Waals surface area (Å²) in [4.78, 5) is 21.2. The van der Waals surface area contributed by atoms with Crippen LogP contribution < -0.4 is 15.8 Å². The van der Waals surface area contributed by atoms with Gasteiger partial charge in [0.05, 0.1) is 12.1 Å². The van der Waals surface area contributed by atoms with E-state index in [0.29, 0.717) is 35.8 Å². The van der Waals surface area contributed by atoms with Crippen molar-refractivity contribution in [3.05, 3.63) is 29.2 Å². The second kappa shape index (κ2) is 6.26. The third kappa shape index (κ3) is 3.63. The Hall–Kier alpha value is -2.64. The molecular formula is C18H23N5O3. The molecule has 26 heavy (non-hydrogen) atoms. The van der Waals surface area contributed by atoms with E-state index in [-0.39, 0.29) is 11.9 Å². The van der Waals surface area contributed by atoms with Gasteiger partial charge in [-0.05, 0) is 57.4 Å². The number of nitrogens with zero attached hydrogens (tertiary/aromatic N) is 3. The average molecular weight is 357 g/mol. The molecule has 0 saturated heterocycles. The van der Waals surface area contributed by atoms with Crippen molar-refractivity contribution in [1.29, 1.82) is 0 Å². The number of anilines is 1. The van der Waals surface area contributed by atoms with E-state index in [2.05, 4.69) is 20.4 Å². The molecule has 2 heterocycles. The van der Waals surface area contributed by atoms with Gasteiger partial charge in [-0.1, -0.05) is 11.2 Å². The summed E-state index contributed by atoms with van der Waals surface area (Å²) in [6.07, 6.45) is 4.72. The zero-order valence-electron chi connectivity index (χ0n) is 15.0. The topological polar surface area (TPSA) is 116 Å². The van der Waals surface area contributed by atoms with Gasteiger partial charge in [0, 0.05) is 5.56 Å². The zero-order chi connectivity index (χ0) is 18.3. The first-order valence-electron chi connectivity index (χ1n) is 8.98. The minimum atomic E-state index is -0.843. The molecule has 2 aromatic rings. The minimum Gasteiger partial charge on any atom is -0.477 e. The van der Waals surface area contributed by atoms with Crippen LogP contribution in [0.15, 0.2) is 16.7 Å². The van der Waals surface area contributed by atoms with E-state index < -0.39 is 5.54 Å². The molecule has 0 unspecified atom stereocenters. The molecule has 4 rings (SSSR count). The smallest absolute Gasteiger partial charge is 0.318 e. The van der Waals surface area contributed by atoms with Crippen molar-refractivity contribution in [2.75, 3.05) is 12.3 Å². The number of nitrogens with one attached hydrogen (secondary N) is 1. The van der Waals surface area contributed by atoms with Crippen molar-refractivity contribution in [1.82, 2.24) is 20.4 Å². The lowest BCUT2D eigenvalue weighted by atomic mass is 10.0. The van der Waals surface area contributed by atoms with Gasteiger partial charge in [0.25, 0.3) is 5.91 Å². The summed E-state index contributed by atoms with van der Waals surface area (Å²) < 4.78 is 10.7. The van der Waals surface area contributed by atoms with Crippen LogP contribution in [0.1, 0.15) is 67.3 Å². The number of nitrogen functional groups attached to an aromatic ring is 1. The number of carbonyl (C=O) groups is 1. The molecule has 0 aliphatic heterocycles. The average Bonchev–Trinajstić information content (AvgIpc) is 3.51. The lowest BCUT2D eigenvalue weighted by Crippen LogP contribution is -2.42. The van der Waals surface area contributed by atoms with Crippen LogP contribution >= 0.6 is 0 Å². The van der Waals surface area contributed by atoms with Crippen LogP contribution in [-0.2, 0) is 5.54 Å². The molecule has 2 fully saturated rings. The van der Waals surface area contributed by atoms with E-state index in [9.17, 15) is 4.79 Å². The second-order valence-electron chi connectivity index (χ2n) is 7.65. The number of nitrogens with two attached hydrogens (primary N) is 1. The highest BCUT2D eigenvalue weighted by Crippen LogP contribution is 2.44. The van der Waals surface area contributed by atoms with Crippen LogP contribution in [-0.4, -0.2) is 27.6 Å². The van der Waals surface area contributed by atoms with Gasteiger partial charge in [0.2, 0.25) is 5.88 Å². The van der Waals surface area contributed by atoms with Crippen LogP contribution in [0, 0.1) is 5.92 Å². The van der Waals surface area contributed by atoms with Gasteiger partial charge in [-0.25, -0.2) is 4.98 Å². The number of hydrogen-bond donors (Lipinski definition) is 2. The Labute approximate surface area is 151 Å². The standard InChI is InChI=1S/C18H23N5O3/c1-18(2,16-21-17(19)26-23-16)22-14(24)13-8-7-12(11-5-6-11)15(20-13)25-9-10-3-4-10/h7-8,10-11H,3-6,9H2,1-2H3,(H,22,24)(H2,19,21,23). The van der Waals surface area contributed by atoms with E-state index in [4.69, 9.17) is 15.0 Å². The summed E-state index contributed by atoms with van der Waals surface area (Å²) in [6.45, 7) is 4.22. The molecule has 1 amide bonds. The number of aromatic nitrogens is 3. The fourth-order valence-electron chi connectivity index (χ4n) is 2.77. The van der Waals surface area contributed by atoms with Gasteiger partial charge in [0.1, 0.15) is 5.69 Å². The van der Waals surface area contributed by atoms with Gasteiger partial charge in [-0.2, -0.15) is 4.98 Å². The monoisotopic (exact) mass is 357 g/mol. The van der Waals surface area contributed by atoms with Crippen LogP contribution in [0.2, 0.25) is 0 Å². The summed E-state index contributed by atoms with van der Waals surface area (Å²) in [6, 6.07) is 3.67. The Morgan fingerprint density at radius 2 is 2.08 bits per heavy atom. The highest BCUT2D eigenvalue weighted by atomic mass is 16.5. The first-order valence-corrected chi connectivity index (χ1v) is 8.98. The number of amides is 1. The molecule has 0 spiro atoms. The Bertz CT molecular complexity index is 824. The van der Waals surface area contributed by atoms with Crippen molar-refractivity contribution >= 4 is 11.9 Å². The quantitative estimate of drug-likeness (QED) is 0.781. The molecule has 0 aromatic carbocycles. The Balaban J connectivity index is 1.52. The van der Waals surface area contributed by atoms with Gasteiger partial charge < -0.3 is 20.3 Å². The molecule has 8 nitrogen and oxygen atoms in total. The largest absolute Gasteiger partial charge is 0.477 e. The molecule has 0 bridgehead atoms. The summed E-state index contributed by atoms with van der Waals surface area (Å²) in [5, 5.41) is 6.66. The molecule has 138 valence electrons. The van der Waals surface area contributed by atoms with Crippen LogP contribution in [0.25, 0.3) is 0 Å². The normalized spacial score (nSPS) is 17.2. The molecule has 0 radical (unpaired) electrons. The molecule has 2 aliphatic rings. The molecule has 2 saturated carbocycles. The Morgan fingerprint density at radius 1 is 1.31 bits per heavy atom. The van der Waals surface area contributed by atoms with Crippen LogP contribution in [0.4, 0.5) is 6.01 Å². The number of carbonyl (C=O) groups excluding carboxylic acids is 1. The SMILES string of the molecule is CC(C)(NC(=O)c1ccc(C2CC2)c(OCC2CC2)n1)c1noc(N)n1. The highest BCUT2D eigenvalue weighted by Gasteiger charge is 2.32. The van der Waals surface area contributed by atoms with E-state index in [1.54, 1.807) is 19.9 Å². The Kier molecular flexibility index (Phi) is 4.05. The van der Waals surface area contributed by atoms with Crippen molar-refractivity contribution in [3.8, 4) is 5.88 Å². The van der Waals surface area contributed by atoms with Gasteiger partial charge >= 0.3 is 6.01 Å². The predicted octanol–water partition coefficient (Wildman–Crippen LogP) is 2.38. The fraction of sp³-hybridized carbons (Fsp3) is 0.556. The van der Waals surface area contributed by atoms with E-state index in [1.165, 1.54) is 12.8 Å². The molecule has 3 N–H and O–H groups in total. The van der Waals surface area contributed by atoms with Crippen molar-refractivity contribution in [3.63, 3.8) is 0 Å². The maximum atomic E-state index is 12.7. The molecular weight excluding hydrogens is 334 g/mol. The Morgan fingerprint density at radius 3 is 2.69 bits per heavy atom. The molecule has 8 heteroatoms. The van der Waals surface area contributed by atoms with Crippen molar-refractivity contribution < 1.29 is 14.1 Å². The number of hydrogen-bond acceptors (Lipinski definition) is 7. The molecule has 0 atom stereocenters. The summed E-state index contributed by atoms with van der Waals surface area (Å²) >= 11 is 0. The van der Waals surface area contributed by atoms with Gasteiger partial charge in [-0.15, -0.1) is 0 Å².